The van der Waals surface area contributed by atoms with Gasteiger partial charge in [-0.2, -0.15) is 0 Å². The van der Waals surface area contributed by atoms with Gasteiger partial charge in [-0.3, -0.25) is 9.69 Å². The molecule has 0 spiro atoms. The van der Waals surface area contributed by atoms with E-state index in [1.165, 1.54) is 30.4 Å². The number of hydrogen-bond acceptors (Lipinski definition) is 3. The van der Waals surface area contributed by atoms with Gasteiger partial charge in [-0.1, -0.05) is 19.4 Å². The van der Waals surface area contributed by atoms with Crippen LogP contribution in [0.5, 0.6) is 0 Å². The zero-order valence-electron chi connectivity index (χ0n) is 14.4. The summed E-state index contributed by atoms with van der Waals surface area (Å²) in [5, 5.41) is 1.04. The van der Waals surface area contributed by atoms with Crippen molar-refractivity contribution in [3.8, 4) is 0 Å². The first-order valence-electron chi connectivity index (χ1n) is 8.58. The molecule has 23 heavy (non-hydrogen) atoms. The second-order valence-corrected chi connectivity index (χ2v) is 6.67. The number of benzene rings is 1. The molecule has 0 aliphatic carbocycles. The van der Waals surface area contributed by atoms with Crippen molar-refractivity contribution >= 4 is 16.9 Å². The lowest BCUT2D eigenvalue weighted by Crippen LogP contribution is -2.29. The van der Waals surface area contributed by atoms with Gasteiger partial charge in [0.25, 0.3) is 5.91 Å². The summed E-state index contributed by atoms with van der Waals surface area (Å²) in [5.74, 6) is 0.348. The molecule has 1 aromatic heterocycles. The van der Waals surface area contributed by atoms with Crippen LogP contribution in [0.25, 0.3) is 11.0 Å². The number of nitrogens with zero attached hydrogens (tertiary/aromatic N) is 2. The van der Waals surface area contributed by atoms with Gasteiger partial charge in [-0.25, -0.2) is 0 Å². The predicted octanol–water partition coefficient (Wildman–Crippen LogP) is 3.68. The Morgan fingerprint density at radius 2 is 1.91 bits per heavy atom. The first kappa shape index (κ1) is 16.1. The third kappa shape index (κ3) is 3.42. The van der Waals surface area contributed by atoms with E-state index in [0.717, 1.165) is 37.0 Å². The van der Waals surface area contributed by atoms with Crippen molar-refractivity contribution in [1.82, 2.24) is 9.80 Å². The maximum Gasteiger partial charge on any atom is 0.289 e. The van der Waals surface area contributed by atoms with Crippen LogP contribution in [-0.2, 0) is 13.0 Å². The van der Waals surface area contributed by atoms with E-state index in [-0.39, 0.29) is 5.91 Å². The highest BCUT2D eigenvalue weighted by Gasteiger charge is 2.18. The third-order valence-corrected chi connectivity index (χ3v) is 4.62. The Kier molecular flexibility index (Phi) is 4.71. The van der Waals surface area contributed by atoms with Crippen molar-refractivity contribution in [2.24, 2.45) is 0 Å². The van der Waals surface area contributed by atoms with Crippen LogP contribution in [0.3, 0.4) is 0 Å². The fraction of sp³-hybridized carbons (Fsp3) is 0.526. The van der Waals surface area contributed by atoms with Crippen LogP contribution < -0.4 is 0 Å². The summed E-state index contributed by atoms with van der Waals surface area (Å²) in [5.41, 5.74) is 3.38. The molecule has 4 heteroatoms. The lowest BCUT2D eigenvalue weighted by molar-refractivity contribution is 0.0799. The molecule has 0 saturated carbocycles. The Morgan fingerprint density at radius 3 is 2.57 bits per heavy atom. The lowest BCUT2D eigenvalue weighted by Gasteiger charge is -2.26. The molecule has 0 N–H and O–H groups in total. The molecule has 2 heterocycles. The molecular weight excluding hydrogens is 288 g/mol. The van der Waals surface area contributed by atoms with Crippen LogP contribution in [-0.4, -0.2) is 42.9 Å². The van der Waals surface area contributed by atoms with Gasteiger partial charge in [0.1, 0.15) is 5.58 Å². The van der Waals surface area contributed by atoms with Crippen LogP contribution in [0.1, 0.15) is 47.9 Å². The Balaban J connectivity index is 1.98. The van der Waals surface area contributed by atoms with E-state index in [1.54, 1.807) is 19.0 Å². The van der Waals surface area contributed by atoms with Crippen LogP contribution in [0.4, 0.5) is 0 Å². The molecule has 1 amide bonds. The van der Waals surface area contributed by atoms with Gasteiger partial charge < -0.3 is 9.32 Å². The summed E-state index contributed by atoms with van der Waals surface area (Å²) >= 11 is 0. The molecule has 0 unspecified atom stereocenters. The molecular formula is C19H26N2O2. The second-order valence-electron chi connectivity index (χ2n) is 6.67. The number of fused-ring (bicyclic) bond motifs is 1. The zero-order chi connectivity index (χ0) is 16.4. The molecule has 1 aliphatic heterocycles. The Labute approximate surface area is 138 Å². The Hall–Kier alpha value is -1.81. The summed E-state index contributed by atoms with van der Waals surface area (Å²) in [6, 6.07) is 6.27. The van der Waals surface area contributed by atoms with Crippen molar-refractivity contribution in [1.29, 1.82) is 0 Å². The predicted molar refractivity (Wildman–Crippen MR) is 92.7 cm³/mol. The SMILES string of the molecule is CCc1cc(CN2CCCCC2)c2oc(C(=O)N(C)C)cc2c1. The summed E-state index contributed by atoms with van der Waals surface area (Å²) < 4.78 is 5.95. The Morgan fingerprint density at radius 1 is 1.17 bits per heavy atom. The number of furan rings is 1. The monoisotopic (exact) mass is 314 g/mol. The molecule has 0 bridgehead atoms. The number of carbonyl (C=O) groups excluding carboxylic acids is 1. The van der Waals surface area contributed by atoms with Crippen molar-refractivity contribution < 1.29 is 9.21 Å². The van der Waals surface area contributed by atoms with Crippen molar-refractivity contribution in [2.45, 2.75) is 39.2 Å². The molecule has 0 radical (unpaired) electrons. The minimum atomic E-state index is -0.0804. The molecule has 1 aromatic carbocycles. The van der Waals surface area contributed by atoms with Gasteiger partial charge in [0.05, 0.1) is 0 Å². The van der Waals surface area contributed by atoms with Crippen molar-refractivity contribution in [3.63, 3.8) is 0 Å². The fourth-order valence-corrected chi connectivity index (χ4v) is 3.30. The van der Waals surface area contributed by atoms with Crippen molar-refractivity contribution in [2.75, 3.05) is 27.2 Å². The average molecular weight is 314 g/mol. The third-order valence-electron chi connectivity index (χ3n) is 4.62. The number of likely N-dealkylation sites (tertiary alicyclic amines) is 1. The number of aryl methyl sites for hydroxylation is 1. The average Bonchev–Trinajstić information content (AvgIpc) is 2.99. The quantitative estimate of drug-likeness (QED) is 0.864. The summed E-state index contributed by atoms with van der Waals surface area (Å²) in [7, 11) is 3.50. The highest BCUT2D eigenvalue weighted by molar-refractivity contribution is 5.96. The van der Waals surface area contributed by atoms with Gasteiger partial charge in [0.15, 0.2) is 5.76 Å². The molecule has 4 nitrogen and oxygen atoms in total. The van der Waals surface area contributed by atoms with E-state index in [4.69, 9.17) is 4.42 Å². The van der Waals surface area contributed by atoms with Gasteiger partial charge >= 0.3 is 0 Å². The van der Waals surface area contributed by atoms with E-state index < -0.39 is 0 Å². The molecule has 124 valence electrons. The number of amides is 1. The van der Waals surface area contributed by atoms with Gasteiger partial charge in [0, 0.05) is 31.6 Å². The maximum atomic E-state index is 12.2. The summed E-state index contributed by atoms with van der Waals surface area (Å²) in [6.45, 7) is 5.38. The van der Waals surface area contributed by atoms with E-state index in [0.29, 0.717) is 5.76 Å². The molecule has 0 atom stereocenters. The number of carbonyl (C=O) groups is 1. The van der Waals surface area contributed by atoms with Crippen LogP contribution in [0.2, 0.25) is 0 Å². The van der Waals surface area contributed by atoms with Gasteiger partial charge in [-0.15, -0.1) is 0 Å². The minimum Gasteiger partial charge on any atom is -0.451 e. The van der Waals surface area contributed by atoms with Crippen LogP contribution in [0, 0.1) is 0 Å². The summed E-state index contributed by atoms with van der Waals surface area (Å²) in [6.07, 6.45) is 4.88. The molecule has 2 aromatic rings. The van der Waals surface area contributed by atoms with E-state index in [2.05, 4.69) is 24.0 Å². The minimum absolute atomic E-state index is 0.0804. The fourth-order valence-electron chi connectivity index (χ4n) is 3.30. The van der Waals surface area contributed by atoms with E-state index in [1.807, 2.05) is 6.07 Å². The van der Waals surface area contributed by atoms with E-state index in [9.17, 15) is 4.79 Å². The smallest absolute Gasteiger partial charge is 0.289 e. The normalized spacial score (nSPS) is 16.0. The molecule has 1 aliphatic rings. The standard InChI is InChI=1S/C19H26N2O2/c1-4-14-10-15-12-17(19(22)20(2)3)23-18(15)16(11-14)13-21-8-6-5-7-9-21/h10-12H,4-9,13H2,1-3H3. The molecule has 3 rings (SSSR count). The first-order chi connectivity index (χ1) is 11.1. The Bertz CT molecular complexity index is 697. The van der Waals surface area contributed by atoms with Gasteiger partial charge in [-0.05, 0) is 50.0 Å². The number of rotatable bonds is 4. The molecule has 1 saturated heterocycles. The van der Waals surface area contributed by atoms with E-state index >= 15 is 0 Å². The molecule has 1 fully saturated rings. The summed E-state index contributed by atoms with van der Waals surface area (Å²) in [4.78, 5) is 16.2. The zero-order valence-corrected chi connectivity index (χ0v) is 14.4. The topological polar surface area (TPSA) is 36.7 Å². The van der Waals surface area contributed by atoms with Crippen molar-refractivity contribution in [3.05, 3.63) is 35.1 Å². The van der Waals surface area contributed by atoms with Crippen LogP contribution in [0.15, 0.2) is 22.6 Å². The first-order valence-corrected chi connectivity index (χ1v) is 8.58. The number of hydrogen-bond donors (Lipinski definition) is 0. The van der Waals surface area contributed by atoms with Gasteiger partial charge in [0.2, 0.25) is 0 Å². The number of piperidine rings is 1. The van der Waals surface area contributed by atoms with Crippen LogP contribution >= 0.6 is 0 Å². The lowest BCUT2D eigenvalue weighted by atomic mass is 10.0. The highest BCUT2D eigenvalue weighted by atomic mass is 16.3. The highest BCUT2D eigenvalue weighted by Crippen LogP contribution is 2.28. The largest absolute Gasteiger partial charge is 0.451 e. The second kappa shape index (κ2) is 6.75. The maximum absolute atomic E-state index is 12.2.